The molecule has 1 heterocycles. The monoisotopic (exact) mass is 514 g/mol. The lowest BCUT2D eigenvalue weighted by atomic mass is 10.0. The number of nitrogens with one attached hydrogen (secondary N) is 5. The van der Waals surface area contributed by atoms with Gasteiger partial charge in [-0.05, 0) is 31.6 Å². The Morgan fingerprint density at radius 1 is 1.11 bits per heavy atom. The minimum absolute atomic E-state index is 0.119. The summed E-state index contributed by atoms with van der Waals surface area (Å²) in [4.78, 5) is 62.8. The van der Waals surface area contributed by atoms with E-state index < -0.39 is 61.0 Å². The van der Waals surface area contributed by atoms with Crippen molar-refractivity contribution in [3.63, 3.8) is 0 Å². The van der Waals surface area contributed by atoms with Crippen LogP contribution in [0.5, 0.6) is 0 Å². The molecular formula is C21H38N8O7. The van der Waals surface area contributed by atoms with Crippen LogP contribution >= 0.6 is 0 Å². The smallest absolute Gasteiger partial charge is 0.328 e. The molecule has 0 unspecified atom stereocenters. The van der Waals surface area contributed by atoms with Crippen LogP contribution in [0, 0.1) is 11.3 Å². The predicted molar refractivity (Wildman–Crippen MR) is 128 cm³/mol. The van der Waals surface area contributed by atoms with Gasteiger partial charge in [0.1, 0.15) is 18.1 Å². The van der Waals surface area contributed by atoms with Gasteiger partial charge in [-0.3, -0.25) is 24.6 Å². The third-order valence-electron chi connectivity index (χ3n) is 5.70. The van der Waals surface area contributed by atoms with Crippen molar-refractivity contribution in [1.82, 2.24) is 26.2 Å². The van der Waals surface area contributed by atoms with Gasteiger partial charge in [-0.25, -0.2) is 4.79 Å². The number of carbonyl (C=O) groups excluding carboxylic acids is 4. The first-order valence-electron chi connectivity index (χ1n) is 11.7. The molecule has 1 rings (SSSR count). The Hall–Kier alpha value is -3.46. The first-order chi connectivity index (χ1) is 16.9. The zero-order chi connectivity index (χ0) is 27.4. The maximum Gasteiger partial charge on any atom is 0.328 e. The number of aliphatic hydroxyl groups excluding tert-OH is 1. The van der Waals surface area contributed by atoms with E-state index in [1.165, 1.54) is 4.90 Å². The van der Waals surface area contributed by atoms with Crippen LogP contribution < -0.4 is 32.7 Å². The van der Waals surface area contributed by atoms with Crippen molar-refractivity contribution in [2.24, 2.45) is 17.4 Å². The van der Waals surface area contributed by atoms with Crippen LogP contribution in [0.3, 0.4) is 0 Å². The van der Waals surface area contributed by atoms with Crippen molar-refractivity contribution in [2.75, 3.05) is 26.2 Å². The van der Waals surface area contributed by atoms with Crippen LogP contribution in [0.25, 0.3) is 0 Å². The number of carbonyl (C=O) groups is 5. The number of nitrogens with two attached hydrogens (primary N) is 2. The largest absolute Gasteiger partial charge is 0.480 e. The Labute approximate surface area is 209 Å². The van der Waals surface area contributed by atoms with Crippen LogP contribution in [-0.4, -0.2) is 101 Å². The Bertz CT molecular complexity index is 822. The number of aliphatic hydroxyl groups is 1. The quantitative estimate of drug-likeness (QED) is 0.0625. The molecule has 1 fully saturated rings. The average molecular weight is 515 g/mol. The normalized spacial score (nSPS) is 17.6. The first kappa shape index (κ1) is 30.6. The van der Waals surface area contributed by atoms with Gasteiger partial charge < -0.3 is 47.8 Å². The number of hydrogen-bond acceptors (Lipinski definition) is 8. The topological polar surface area (TPSA) is 253 Å². The number of amides is 4. The molecule has 0 saturated carbocycles. The van der Waals surface area contributed by atoms with E-state index in [1.807, 2.05) is 0 Å². The predicted octanol–water partition coefficient (Wildman–Crippen LogP) is -3.61. The molecule has 11 N–H and O–H groups in total. The van der Waals surface area contributed by atoms with Crippen LogP contribution in [-0.2, 0) is 24.0 Å². The van der Waals surface area contributed by atoms with Crippen LogP contribution in [0.1, 0.15) is 39.5 Å². The molecule has 0 radical (unpaired) electrons. The number of nitrogens with zero attached hydrogens (tertiary/aromatic N) is 1. The summed E-state index contributed by atoms with van der Waals surface area (Å²) in [5.41, 5.74) is 11.2. The fourth-order valence-corrected chi connectivity index (χ4v) is 3.57. The first-order valence-corrected chi connectivity index (χ1v) is 11.7. The number of carboxylic acid groups (broad SMARTS) is 1. The zero-order valence-electron chi connectivity index (χ0n) is 20.6. The molecule has 1 aliphatic heterocycles. The van der Waals surface area contributed by atoms with E-state index in [0.717, 1.165) is 0 Å². The van der Waals surface area contributed by atoms with E-state index >= 15 is 0 Å². The molecule has 1 aliphatic rings. The van der Waals surface area contributed by atoms with E-state index in [9.17, 15) is 24.0 Å². The van der Waals surface area contributed by atoms with E-state index in [-0.39, 0.29) is 30.8 Å². The fraction of sp³-hybridized carbons (Fsp3) is 0.714. The summed E-state index contributed by atoms with van der Waals surface area (Å²) in [5, 5.41) is 34.7. The third kappa shape index (κ3) is 9.65. The van der Waals surface area contributed by atoms with Gasteiger partial charge in [0.05, 0.1) is 19.2 Å². The number of rotatable bonds is 14. The molecule has 0 aromatic rings. The van der Waals surface area contributed by atoms with Gasteiger partial charge in [-0.2, -0.15) is 0 Å². The number of hydrogen-bond donors (Lipinski definition) is 9. The van der Waals surface area contributed by atoms with E-state index in [4.69, 9.17) is 27.1 Å². The van der Waals surface area contributed by atoms with Crippen molar-refractivity contribution >= 4 is 35.6 Å². The van der Waals surface area contributed by atoms with Gasteiger partial charge in [-0.15, -0.1) is 0 Å². The summed E-state index contributed by atoms with van der Waals surface area (Å²) in [6.07, 6.45) is 1.47. The van der Waals surface area contributed by atoms with Crippen molar-refractivity contribution in [2.45, 2.75) is 63.7 Å². The standard InChI is InChI=1S/C21H38N8O7/c1-11(2)16(22)19(34)29-8-4-6-14(29)18(33)28-12(5-3-7-25-21(23)24)17(32)26-9-15(31)27-13(10-30)20(35)36/h11-14,16,30H,3-10,22H2,1-2H3,(H,26,32)(H,27,31)(H,28,33)(H,35,36)(H4,23,24,25)/t12-,13-,14-,16-/m0/s1. The number of guanidine groups is 1. The molecule has 0 aliphatic carbocycles. The summed E-state index contributed by atoms with van der Waals surface area (Å²) in [6, 6.07) is -4.16. The molecule has 4 atom stereocenters. The lowest BCUT2D eigenvalue weighted by Crippen LogP contribution is -2.56. The van der Waals surface area contributed by atoms with Crippen LogP contribution in [0.15, 0.2) is 0 Å². The minimum Gasteiger partial charge on any atom is -0.480 e. The maximum absolute atomic E-state index is 13.0. The van der Waals surface area contributed by atoms with Gasteiger partial charge in [0, 0.05) is 13.1 Å². The number of likely N-dealkylation sites (tertiary alicyclic amines) is 1. The van der Waals surface area contributed by atoms with Crippen molar-refractivity contribution in [1.29, 1.82) is 5.41 Å². The molecule has 36 heavy (non-hydrogen) atoms. The molecular weight excluding hydrogens is 476 g/mol. The molecule has 0 bridgehead atoms. The second-order valence-electron chi connectivity index (χ2n) is 8.86. The Morgan fingerprint density at radius 2 is 1.78 bits per heavy atom. The second kappa shape index (κ2) is 14.8. The van der Waals surface area contributed by atoms with Crippen LogP contribution in [0.2, 0.25) is 0 Å². The van der Waals surface area contributed by atoms with Crippen molar-refractivity contribution < 1.29 is 34.2 Å². The number of aliphatic carboxylic acids is 1. The highest BCUT2D eigenvalue weighted by Crippen LogP contribution is 2.20. The highest BCUT2D eigenvalue weighted by atomic mass is 16.4. The highest BCUT2D eigenvalue weighted by molar-refractivity contribution is 5.94. The zero-order valence-corrected chi connectivity index (χ0v) is 20.6. The summed E-state index contributed by atoms with van der Waals surface area (Å²) < 4.78 is 0. The fourth-order valence-electron chi connectivity index (χ4n) is 3.57. The van der Waals surface area contributed by atoms with Gasteiger partial charge in [-0.1, -0.05) is 13.8 Å². The summed E-state index contributed by atoms with van der Waals surface area (Å²) in [5.74, 6) is -4.24. The minimum atomic E-state index is -1.52. The lowest BCUT2D eigenvalue weighted by Gasteiger charge is -2.29. The number of carboxylic acids is 1. The molecule has 204 valence electrons. The molecule has 0 spiro atoms. The Kier molecular flexibility index (Phi) is 12.6. The van der Waals surface area contributed by atoms with Gasteiger partial charge in [0.25, 0.3) is 0 Å². The summed E-state index contributed by atoms with van der Waals surface area (Å²) in [7, 11) is 0. The van der Waals surface area contributed by atoms with E-state index in [0.29, 0.717) is 25.8 Å². The van der Waals surface area contributed by atoms with Crippen molar-refractivity contribution in [3.05, 3.63) is 0 Å². The van der Waals surface area contributed by atoms with E-state index in [1.54, 1.807) is 13.8 Å². The van der Waals surface area contributed by atoms with Gasteiger partial charge >= 0.3 is 5.97 Å². The Balaban J connectivity index is 2.84. The molecule has 15 nitrogen and oxygen atoms in total. The third-order valence-corrected chi connectivity index (χ3v) is 5.70. The second-order valence-corrected chi connectivity index (χ2v) is 8.86. The maximum atomic E-state index is 13.0. The summed E-state index contributed by atoms with van der Waals surface area (Å²) >= 11 is 0. The van der Waals surface area contributed by atoms with E-state index in [2.05, 4.69) is 21.3 Å². The lowest BCUT2D eigenvalue weighted by molar-refractivity contribution is -0.142. The molecule has 4 amide bonds. The SMILES string of the molecule is CC(C)[C@H](N)C(=O)N1CCC[C@H]1C(=O)N[C@@H](CCCNC(=N)N)C(=O)NCC(=O)N[C@@H](CO)C(=O)O. The van der Waals surface area contributed by atoms with Gasteiger partial charge in [0.15, 0.2) is 5.96 Å². The van der Waals surface area contributed by atoms with Crippen molar-refractivity contribution in [3.8, 4) is 0 Å². The molecule has 0 aromatic carbocycles. The van der Waals surface area contributed by atoms with Crippen LogP contribution in [0.4, 0.5) is 0 Å². The molecule has 0 aromatic heterocycles. The summed E-state index contributed by atoms with van der Waals surface area (Å²) in [6.45, 7) is 2.82. The molecule has 1 saturated heterocycles. The molecule has 15 heteroatoms. The van der Waals surface area contributed by atoms with Gasteiger partial charge in [0.2, 0.25) is 23.6 Å². The highest BCUT2D eigenvalue weighted by Gasteiger charge is 2.38. The Morgan fingerprint density at radius 3 is 2.33 bits per heavy atom. The average Bonchev–Trinajstić information content (AvgIpc) is 3.31.